The van der Waals surface area contributed by atoms with E-state index < -0.39 is 47.9 Å². The molecule has 2 aromatic heterocycles. The van der Waals surface area contributed by atoms with Crippen molar-refractivity contribution < 1.29 is 24.3 Å². The van der Waals surface area contributed by atoms with Gasteiger partial charge >= 0.3 is 5.97 Å². The highest BCUT2D eigenvalue weighted by atomic mass is 16.4. The zero-order chi connectivity index (χ0) is 34.8. The highest BCUT2D eigenvalue weighted by Crippen LogP contribution is 2.20. The van der Waals surface area contributed by atoms with E-state index in [1.54, 1.807) is 6.20 Å². The van der Waals surface area contributed by atoms with E-state index in [0.29, 0.717) is 12.8 Å². The Morgan fingerprint density at radius 3 is 1.94 bits per heavy atom. The predicted octanol–water partition coefficient (Wildman–Crippen LogP) is 1.40. The molecule has 5 atom stereocenters. The van der Waals surface area contributed by atoms with Crippen molar-refractivity contribution in [3.63, 3.8) is 0 Å². The van der Waals surface area contributed by atoms with E-state index in [0.717, 1.165) is 32.9 Å². The number of aliphatic carboxylic acids is 1. The molecule has 256 valence electrons. The number of aromatic nitrogens is 2. The van der Waals surface area contributed by atoms with E-state index in [1.165, 1.54) is 0 Å². The van der Waals surface area contributed by atoms with Gasteiger partial charge in [-0.1, -0.05) is 56.7 Å². The minimum Gasteiger partial charge on any atom is -0.480 e. The van der Waals surface area contributed by atoms with Gasteiger partial charge in [0.15, 0.2) is 5.96 Å². The first-order valence-electron chi connectivity index (χ1n) is 16.0. The number of nitrogens with two attached hydrogens (primary N) is 3. The minimum atomic E-state index is -1.28. The number of carboxylic acid groups (broad SMARTS) is 1. The molecule has 0 saturated carbocycles. The number of carbonyl (C=O) groups is 4. The molecule has 14 heteroatoms. The number of benzene rings is 2. The van der Waals surface area contributed by atoms with E-state index in [1.807, 2.05) is 68.6 Å². The van der Waals surface area contributed by atoms with Gasteiger partial charge in [-0.25, -0.2) is 4.79 Å². The molecular weight excluding hydrogens is 614 g/mol. The highest BCUT2D eigenvalue weighted by molar-refractivity contribution is 5.95. The Morgan fingerprint density at radius 1 is 0.812 bits per heavy atom. The average molecular weight is 660 g/mol. The molecule has 4 rings (SSSR count). The molecule has 4 aromatic rings. The van der Waals surface area contributed by atoms with Crippen molar-refractivity contribution in [2.75, 3.05) is 6.54 Å². The number of guanidine groups is 1. The van der Waals surface area contributed by atoms with Crippen molar-refractivity contribution in [2.45, 2.75) is 70.1 Å². The highest BCUT2D eigenvalue weighted by Gasteiger charge is 2.33. The number of hydrogen-bond acceptors (Lipinski definition) is 6. The molecule has 48 heavy (non-hydrogen) atoms. The van der Waals surface area contributed by atoms with Crippen LogP contribution in [0.25, 0.3) is 21.8 Å². The van der Waals surface area contributed by atoms with E-state index >= 15 is 0 Å². The van der Waals surface area contributed by atoms with Crippen LogP contribution in [-0.4, -0.2) is 75.4 Å². The van der Waals surface area contributed by atoms with Crippen LogP contribution in [0.1, 0.15) is 44.2 Å². The molecule has 0 spiro atoms. The number of nitrogens with one attached hydrogen (secondary N) is 5. The molecule has 3 amide bonds. The number of nitrogens with zero attached hydrogens (tertiary/aromatic N) is 1. The van der Waals surface area contributed by atoms with Crippen LogP contribution >= 0.6 is 0 Å². The number of para-hydroxylation sites is 2. The molecule has 0 fully saturated rings. The quantitative estimate of drug-likeness (QED) is 0.0454. The van der Waals surface area contributed by atoms with Gasteiger partial charge in [0.25, 0.3) is 0 Å². The molecule has 0 aliphatic carbocycles. The minimum absolute atomic E-state index is 0.0135. The number of fused-ring (bicyclic) bond motifs is 2. The fourth-order valence-corrected chi connectivity index (χ4v) is 5.62. The molecule has 0 saturated heterocycles. The summed E-state index contributed by atoms with van der Waals surface area (Å²) in [6.07, 6.45) is 4.74. The topological polar surface area (TPSA) is 247 Å². The van der Waals surface area contributed by atoms with Crippen molar-refractivity contribution >= 4 is 51.5 Å². The summed E-state index contributed by atoms with van der Waals surface area (Å²) < 4.78 is 0. The lowest BCUT2D eigenvalue weighted by Gasteiger charge is -2.28. The maximum atomic E-state index is 13.7. The standard InChI is InChI=1S/C34H45N9O5/c1-3-19(2)29(43-30(44)24(35)15-20-17-39-25-11-6-4-9-22(20)25)32(46)41-27(13-8-14-38-34(36)37)31(45)42-28(33(47)48)16-21-18-40-26-12-7-5-10-23(21)26/h4-7,9-12,17-19,24,27-29,39-40H,3,8,13-16,35H2,1-2H3,(H,41,46)(H,42,45)(H,43,44)(H,47,48)(H4,36,37,38). The lowest BCUT2D eigenvalue weighted by Crippen LogP contribution is -2.59. The van der Waals surface area contributed by atoms with Crippen LogP contribution in [0.4, 0.5) is 0 Å². The van der Waals surface area contributed by atoms with Crippen molar-refractivity contribution in [3.8, 4) is 0 Å². The SMILES string of the molecule is CCC(C)C(NC(=O)C(N)Cc1c[nH]c2ccccc12)C(=O)NC(CCCN=C(N)N)C(=O)NC(Cc1c[nH]c2ccccc12)C(=O)O. The van der Waals surface area contributed by atoms with Crippen molar-refractivity contribution in [3.05, 3.63) is 72.1 Å². The molecule has 12 N–H and O–H groups in total. The molecule has 5 unspecified atom stereocenters. The molecule has 0 aliphatic rings. The number of aliphatic imine (C=N–C) groups is 1. The van der Waals surface area contributed by atoms with E-state index in [-0.39, 0.29) is 37.7 Å². The normalized spacial score (nSPS) is 14.4. The van der Waals surface area contributed by atoms with Gasteiger partial charge in [-0.2, -0.15) is 0 Å². The van der Waals surface area contributed by atoms with E-state index in [2.05, 4.69) is 30.9 Å². The lowest BCUT2D eigenvalue weighted by molar-refractivity contribution is -0.142. The third-order valence-electron chi connectivity index (χ3n) is 8.54. The number of amides is 3. The first kappa shape index (κ1) is 35.5. The third-order valence-corrected chi connectivity index (χ3v) is 8.54. The van der Waals surface area contributed by atoms with Crippen LogP contribution in [0.3, 0.4) is 0 Å². The van der Waals surface area contributed by atoms with Gasteiger partial charge in [-0.15, -0.1) is 0 Å². The summed E-state index contributed by atoms with van der Waals surface area (Å²) in [4.78, 5) is 63.1. The third kappa shape index (κ3) is 9.12. The van der Waals surface area contributed by atoms with E-state index in [4.69, 9.17) is 17.2 Å². The van der Waals surface area contributed by atoms with Gasteiger partial charge in [0.2, 0.25) is 17.7 Å². The summed E-state index contributed by atoms with van der Waals surface area (Å²) in [7, 11) is 0. The fraction of sp³-hybridized carbons (Fsp3) is 0.382. The van der Waals surface area contributed by atoms with Crippen LogP contribution in [0.5, 0.6) is 0 Å². The smallest absolute Gasteiger partial charge is 0.326 e. The van der Waals surface area contributed by atoms with Crippen LogP contribution < -0.4 is 33.2 Å². The lowest BCUT2D eigenvalue weighted by atomic mass is 9.96. The van der Waals surface area contributed by atoms with Gasteiger partial charge in [0.1, 0.15) is 18.1 Å². The Morgan fingerprint density at radius 2 is 1.38 bits per heavy atom. The predicted molar refractivity (Wildman–Crippen MR) is 185 cm³/mol. The zero-order valence-electron chi connectivity index (χ0n) is 27.2. The van der Waals surface area contributed by atoms with Crippen LogP contribution in [0, 0.1) is 5.92 Å². The fourth-order valence-electron chi connectivity index (χ4n) is 5.62. The Bertz CT molecular complexity index is 1760. The van der Waals surface area contributed by atoms with Gasteiger partial charge < -0.3 is 48.2 Å². The summed E-state index contributed by atoms with van der Waals surface area (Å²) in [5.74, 6) is -3.46. The second kappa shape index (κ2) is 16.5. The molecule has 0 bridgehead atoms. The largest absolute Gasteiger partial charge is 0.480 e. The molecular formula is C34H45N9O5. The second-order valence-electron chi connectivity index (χ2n) is 12.0. The maximum Gasteiger partial charge on any atom is 0.326 e. The summed E-state index contributed by atoms with van der Waals surface area (Å²) >= 11 is 0. The molecule has 2 heterocycles. The maximum absolute atomic E-state index is 13.7. The van der Waals surface area contributed by atoms with Gasteiger partial charge in [0.05, 0.1) is 6.04 Å². The summed E-state index contributed by atoms with van der Waals surface area (Å²) in [5.41, 5.74) is 20.5. The van der Waals surface area contributed by atoms with Gasteiger partial charge in [-0.05, 0) is 48.4 Å². The zero-order valence-corrected chi connectivity index (χ0v) is 27.2. The summed E-state index contributed by atoms with van der Waals surface area (Å²) in [5, 5.41) is 19.9. The average Bonchev–Trinajstić information content (AvgIpc) is 3.67. The number of carboxylic acids is 1. The van der Waals surface area contributed by atoms with Crippen molar-refractivity contribution in [1.29, 1.82) is 0 Å². The number of hydrogen-bond donors (Lipinski definition) is 9. The number of rotatable bonds is 17. The van der Waals surface area contributed by atoms with Gasteiger partial charge in [0, 0.05) is 47.2 Å². The monoisotopic (exact) mass is 659 g/mol. The molecule has 2 aromatic carbocycles. The van der Waals surface area contributed by atoms with E-state index in [9.17, 15) is 24.3 Å². The van der Waals surface area contributed by atoms with Crippen LogP contribution in [0.15, 0.2) is 65.9 Å². The molecule has 0 aliphatic heterocycles. The first-order valence-corrected chi connectivity index (χ1v) is 16.0. The number of H-pyrrole nitrogens is 2. The van der Waals surface area contributed by atoms with Crippen molar-refractivity contribution in [2.24, 2.45) is 28.1 Å². The van der Waals surface area contributed by atoms with Crippen LogP contribution in [-0.2, 0) is 32.0 Å². The Kier molecular flexibility index (Phi) is 12.2. The summed E-state index contributed by atoms with van der Waals surface area (Å²) in [6.45, 7) is 3.88. The van der Waals surface area contributed by atoms with Crippen LogP contribution in [0.2, 0.25) is 0 Å². The molecule has 14 nitrogen and oxygen atoms in total. The first-order chi connectivity index (χ1) is 23.0. The number of carbonyl (C=O) groups excluding carboxylic acids is 3. The Balaban J connectivity index is 1.47. The van der Waals surface area contributed by atoms with Crippen molar-refractivity contribution in [1.82, 2.24) is 25.9 Å². The molecule has 0 radical (unpaired) electrons. The second-order valence-corrected chi connectivity index (χ2v) is 12.0. The van der Waals surface area contributed by atoms with Gasteiger partial charge in [-0.3, -0.25) is 19.4 Å². The Labute approximate surface area is 278 Å². The Hall–Kier alpha value is -5.37. The summed E-state index contributed by atoms with van der Waals surface area (Å²) in [6, 6.07) is 10.8. The number of aromatic amines is 2.